The molecule has 0 bridgehead atoms. The molecule has 0 atom stereocenters. The van der Waals surface area contributed by atoms with Gasteiger partial charge in [0.25, 0.3) is 15.9 Å². The molecule has 5 rings (SSSR count). The fraction of sp³-hybridized carbons (Fsp3) is 0.167. The topological polar surface area (TPSA) is 82.6 Å². The molecule has 1 aliphatic heterocycles. The van der Waals surface area contributed by atoms with Crippen molar-refractivity contribution in [1.29, 1.82) is 0 Å². The number of hydrogen-bond acceptors (Lipinski definition) is 6. The van der Waals surface area contributed by atoms with Gasteiger partial charge in [-0.15, -0.1) is 0 Å². The number of anilines is 2. The monoisotopic (exact) mass is 512 g/mol. The number of carbonyl (C=O) groups is 1. The number of fused-ring (bicyclic) bond motifs is 1. The number of nitrogens with zero attached hydrogens (tertiary/aromatic N) is 3. The normalized spacial score (nSPS) is 14.4. The van der Waals surface area contributed by atoms with E-state index in [2.05, 4.69) is 15.7 Å². The first kappa shape index (κ1) is 22.6. The molecule has 2 heterocycles. The predicted octanol–water partition coefficient (Wildman–Crippen LogP) is 4.71. The van der Waals surface area contributed by atoms with E-state index in [1.165, 1.54) is 24.3 Å². The number of halogens is 1. The number of aromatic nitrogens is 1. The second-order valence-corrected chi connectivity index (χ2v) is 11.0. The Kier molecular flexibility index (Phi) is 6.16. The van der Waals surface area contributed by atoms with Crippen molar-refractivity contribution in [2.45, 2.75) is 4.90 Å². The lowest BCUT2D eigenvalue weighted by Gasteiger charge is -2.34. The van der Waals surface area contributed by atoms with E-state index >= 15 is 0 Å². The first-order valence-electron chi connectivity index (χ1n) is 10.7. The fourth-order valence-electron chi connectivity index (χ4n) is 3.79. The smallest absolute Gasteiger partial charge is 0.261 e. The molecular formula is C24H21ClN4O3S2. The number of amides is 1. The molecule has 0 unspecified atom stereocenters. The molecule has 3 aromatic carbocycles. The Morgan fingerprint density at radius 1 is 0.912 bits per heavy atom. The van der Waals surface area contributed by atoms with Gasteiger partial charge in [-0.3, -0.25) is 9.52 Å². The summed E-state index contributed by atoms with van der Waals surface area (Å²) in [6, 6.07) is 20.5. The number of nitrogens with one attached hydrogen (secondary N) is 1. The average molecular weight is 513 g/mol. The minimum absolute atomic E-state index is 0.0731. The summed E-state index contributed by atoms with van der Waals surface area (Å²) in [6.45, 7) is 2.62. The maximum absolute atomic E-state index is 13.0. The van der Waals surface area contributed by atoms with E-state index in [-0.39, 0.29) is 10.8 Å². The van der Waals surface area contributed by atoms with Crippen molar-refractivity contribution < 1.29 is 13.2 Å². The molecular weight excluding hydrogens is 492 g/mol. The lowest BCUT2D eigenvalue weighted by molar-refractivity contribution is 0.0747. The van der Waals surface area contributed by atoms with Gasteiger partial charge in [-0.2, -0.15) is 0 Å². The van der Waals surface area contributed by atoms with E-state index < -0.39 is 10.0 Å². The molecule has 10 heteroatoms. The van der Waals surface area contributed by atoms with Crippen molar-refractivity contribution in [3.63, 3.8) is 0 Å². The first-order valence-corrected chi connectivity index (χ1v) is 13.3. The first-order chi connectivity index (χ1) is 16.4. The summed E-state index contributed by atoms with van der Waals surface area (Å²) < 4.78 is 28.8. The van der Waals surface area contributed by atoms with Gasteiger partial charge in [-0.05, 0) is 60.7 Å². The Labute approximate surface area is 206 Å². The summed E-state index contributed by atoms with van der Waals surface area (Å²) in [4.78, 5) is 21.8. The Bertz CT molecular complexity index is 1400. The van der Waals surface area contributed by atoms with Gasteiger partial charge in [0.15, 0.2) is 5.13 Å². The van der Waals surface area contributed by atoms with Gasteiger partial charge in [-0.25, -0.2) is 13.4 Å². The number of thiazole rings is 1. The highest BCUT2D eigenvalue weighted by Crippen LogP contribution is 2.29. The SMILES string of the molecule is O=C(c1ccc(NS(=O)(=O)c2ccc(Cl)cc2)cc1)N1CCN(c2nc3ccccc3s2)CC1. The van der Waals surface area contributed by atoms with Gasteiger partial charge in [0, 0.05) is 42.5 Å². The zero-order valence-electron chi connectivity index (χ0n) is 18.0. The van der Waals surface area contributed by atoms with E-state index in [1.54, 1.807) is 35.6 Å². The Hall–Kier alpha value is -3.14. The molecule has 0 saturated carbocycles. The van der Waals surface area contributed by atoms with Gasteiger partial charge in [-0.1, -0.05) is 35.1 Å². The van der Waals surface area contributed by atoms with Crippen molar-refractivity contribution in [3.8, 4) is 0 Å². The van der Waals surface area contributed by atoms with Crippen LogP contribution >= 0.6 is 22.9 Å². The minimum atomic E-state index is -3.74. The number of para-hydroxylation sites is 1. The molecule has 174 valence electrons. The Balaban J connectivity index is 1.21. The second-order valence-electron chi connectivity index (χ2n) is 7.88. The number of hydrogen-bond donors (Lipinski definition) is 1. The van der Waals surface area contributed by atoms with Gasteiger partial charge in [0.2, 0.25) is 0 Å². The molecule has 0 radical (unpaired) electrons. The van der Waals surface area contributed by atoms with Crippen LogP contribution in [0.4, 0.5) is 10.8 Å². The number of benzene rings is 3. The lowest BCUT2D eigenvalue weighted by Crippen LogP contribution is -2.48. The summed E-state index contributed by atoms with van der Waals surface area (Å²) in [7, 11) is -3.74. The van der Waals surface area contributed by atoms with E-state index in [0.29, 0.717) is 42.5 Å². The molecule has 4 aromatic rings. The van der Waals surface area contributed by atoms with Gasteiger partial charge in [0.1, 0.15) is 0 Å². The third kappa shape index (κ3) is 4.72. The van der Waals surface area contributed by atoms with E-state index in [1.807, 2.05) is 23.1 Å². The highest BCUT2D eigenvalue weighted by Gasteiger charge is 2.24. The van der Waals surface area contributed by atoms with E-state index in [4.69, 9.17) is 16.6 Å². The maximum atomic E-state index is 13.0. The molecule has 1 N–H and O–H groups in total. The van der Waals surface area contributed by atoms with Crippen LogP contribution in [0.5, 0.6) is 0 Å². The minimum Gasteiger partial charge on any atom is -0.345 e. The van der Waals surface area contributed by atoms with Crippen LogP contribution in [0.3, 0.4) is 0 Å². The fourth-order valence-corrected chi connectivity index (χ4v) is 5.99. The van der Waals surface area contributed by atoms with Gasteiger partial charge in [0.05, 0.1) is 15.1 Å². The van der Waals surface area contributed by atoms with Crippen LogP contribution in [0.15, 0.2) is 77.7 Å². The number of sulfonamides is 1. The van der Waals surface area contributed by atoms with Crippen LogP contribution < -0.4 is 9.62 Å². The highest BCUT2D eigenvalue weighted by atomic mass is 35.5. The molecule has 1 amide bonds. The number of piperazine rings is 1. The standard InChI is InChI=1S/C24H21ClN4O3S2/c25-18-7-11-20(12-8-18)34(31,32)27-19-9-5-17(6-10-19)23(30)28-13-15-29(16-14-28)24-26-21-3-1-2-4-22(21)33-24/h1-12,27H,13-16H2. The zero-order chi connectivity index (χ0) is 23.7. The average Bonchev–Trinajstić information content (AvgIpc) is 3.29. The lowest BCUT2D eigenvalue weighted by atomic mass is 10.1. The van der Waals surface area contributed by atoms with Crippen molar-refractivity contribution in [2.75, 3.05) is 35.8 Å². The van der Waals surface area contributed by atoms with Crippen molar-refractivity contribution >= 4 is 59.9 Å². The van der Waals surface area contributed by atoms with Crippen LogP contribution in [0.2, 0.25) is 5.02 Å². The van der Waals surface area contributed by atoms with Gasteiger partial charge >= 0.3 is 0 Å². The summed E-state index contributed by atoms with van der Waals surface area (Å²) in [5, 5.41) is 1.44. The highest BCUT2D eigenvalue weighted by molar-refractivity contribution is 7.92. The Morgan fingerprint density at radius 2 is 1.59 bits per heavy atom. The largest absolute Gasteiger partial charge is 0.345 e. The number of carbonyl (C=O) groups excluding carboxylic acids is 1. The van der Waals surface area contributed by atoms with Crippen molar-refractivity contribution in [1.82, 2.24) is 9.88 Å². The van der Waals surface area contributed by atoms with Crippen LogP contribution in [0.1, 0.15) is 10.4 Å². The maximum Gasteiger partial charge on any atom is 0.261 e. The molecule has 34 heavy (non-hydrogen) atoms. The van der Waals surface area contributed by atoms with Crippen LogP contribution in [0.25, 0.3) is 10.2 Å². The molecule has 7 nitrogen and oxygen atoms in total. The molecule has 1 aromatic heterocycles. The third-order valence-electron chi connectivity index (χ3n) is 5.63. The van der Waals surface area contributed by atoms with Crippen LogP contribution in [-0.4, -0.2) is 50.4 Å². The summed E-state index contributed by atoms with van der Waals surface area (Å²) in [6.07, 6.45) is 0. The Morgan fingerprint density at radius 3 is 2.26 bits per heavy atom. The van der Waals surface area contributed by atoms with E-state index in [0.717, 1.165) is 15.3 Å². The summed E-state index contributed by atoms with van der Waals surface area (Å²) >= 11 is 7.50. The van der Waals surface area contributed by atoms with Gasteiger partial charge < -0.3 is 9.80 Å². The zero-order valence-corrected chi connectivity index (χ0v) is 20.4. The third-order valence-corrected chi connectivity index (χ3v) is 8.37. The number of rotatable bonds is 5. The van der Waals surface area contributed by atoms with Crippen molar-refractivity contribution in [2.24, 2.45) is 0 Å². The van der Waals surface area contributed by atoms with E-state index in [9.17, 15) is 13.2 Å². The second kappa shape index (κ2) is 9.25. The predicted molar refractivity (Wildman–Crippen MR) is 136 cm³/mol. The summed E-state index contributed by atoms with van der Waals surface area (Å²) in [5.41, 5.74) is 1.89. The van der Waals surface area contributed by atoms with Crippen LogP contribution in [-0.2, 0) is 10.0 Å². The van der Waals surface area contributed by atoms with Crippen LogP contribution in [0, 0.1) is 0 Å². The molecule has 1 fully saturated rings. The molecule has 0 aliphatic carbocycles. The quantitative estimate of drug-likeness (QED) is 0.418. The molecule has 0 spiro atoms. The summed E-state index contributed by atoms with van der Waals surface area (Å²) in [5.74, 6) is -0.0731. The van der Waals surface area contributed by atoms with Crippen molar-refractivity contribution in [3.05, 3.63) is 83.4 Å². The molecule has 1 saturated heterocycles. The molecule has 1 aliphatic rings.